The highest BCUT2D eigenvalue weighted by atomic mass is 19.1. The Bertz CT molecular complexity index is 757. The van der Waals surface area contributed by atoms with E-state index < -0.39 is 0 Å². The van der Waals surface area contributed by atoms with Gasteiger partial charge in [0.2, 0.25) is 5.91 Å². The molecule has 1 N–H and O–H groups in total. The molecular formula is C18H20FN3O3. The average molecular weight is 345 g/mol. The maximum atomic E-state index is 12.9. The first-order valence-corrected chi connectivity index (χ1v) is 8.33. The van der Waals surface area contributed by atoms with Crippen LogP contribution >= 0.6 is 0 Å². The summed E-state index contributed by atoms with van der Waals surface area (Å²) in [6, 6.07) is 6.02. The molecule has 1 aliphatic rings. The third kappa shape index (κ3) is 4.04. The molecule has 0 bridgehead atoms. The number of benzene rings is 1. The highest BCUT2D eigenvalue weighted by molar-refractivity contribution is 5.95. The Morgan fingerprint density at radius 3 is 2.88 bits per heavy atom. The second-order valence-corrected chi connectivity index (χ2v) is 6.11. The first-order chi connectivity index (χ1) is 12.1. The van der Waals surface area contributed by atoms with E-state index in [2.05, 4.69) is 10.5 Å². The van der Waals surface area contributed by atoms with Crippen LogP contribution in [0, 0.1) is 5.82 Å². The second kappa shape index (κ2) is 7.46. The lowest BCUT2D eigenvalue weighted by atomic mass is 10.1. The Labute approximate surface area is 145 Å². The Morgan fingerprint density at radius 1 is 1.40 bits per heavy atom. The van der Waals surface area contributed by atoms with E-state index in [1.807, 2.05) is 6.92 Å². The van der Waals surface area contributed by atoms with Crippen molar-refractivity contribution in [3.63, 3.8) is 0 Å². The molecule has 1 aliphatic heterocycles. The molecule has 0 radical (unpaired) electrons. The molecule has 1 fully saturated rings. The van der Waals surface area contributed by atoms with Crippen LogP contribution in [0.1, 0.15) is 35.0 Å². The molecule has 2 aromatic rings. The number of hydrogen-bond acceptors (Lipinski definition) is 4. The molecule has 0 unspecified atom stereocenters. The molecule has 0 spiro atoms. The van der Waals surface area contributed by atoms with Gasteiger partial charge in [0.05, 0.1) is 12.2 Å². The van der Waals surface area contributed by atoms with Gasteiger partial charge in [0.1, 0.15) is 17.1 Å². The molecule has 0 saturated carbocycles. The van der Waals surface area contributed by atoms with Crippen molar-refractivity contribution in [2.45, 2.75) is 32.2 Å². The minimum absolute atomic E-state index is 0.00782. The van der Waals surface area contributed by atoms with Crippen LogP contribution in [0.4, 0.5) is 4.39 Å². The van der Waals surface area contributed by atoms with Crippen molar-refractivity contribution in [2.75, 3.05) is 13.1 Å². The van der Waals surface area contributed by atoms with Crippen molar-refractivity contribution in [1.29, 1.82) is 0 Å². The van der Waals surface area contributed by atoms with E-state index in [0.29, 0.717) is 37.3 Å². The highest BCUT2D eigenvalue weighted by Gasteiger charge is 2.31. The molecule has 1 aromatic heterocycles. The van der Waals surface area contributed by atoms with Gasteiger partial charge in [-0.2, -0.15) is 0 Å². The van der Waals surface area contributed by atoms with Crippen molar-refractivity contribution >= 4 is 11.8 Å². The molecule has 132 valence electrons. The Balaban J connectivity index is 1.53. The fraction of sp³-hybridized carbons (Fsp3) is 0.389. The number of carbonyl (C=O) groups excluding carboxylic acids is 2. The summed E-state index contributed by atoms with van der Waals surface area (Å²) in [5.74, 6) is 0.00341. The fourth-order valence-corrected chi connectivity index (χ4v) is 2.97. The van der Waals surface area contributed by atoms with Crippen LogP contribution in [-0.2, 0) is 17.6 Å². The van der Waals surface area contributed by atoms with E-state index in [-0.39, 0.29) is 30.1 Å². The van der Waals surface area contributed by atoms with Crippen LogP contribution in [0.3, 0.4) is 0 Å². The standard InChI is InChI=1S/C18H20FN3O3/c1-2-16-15(10-20-25-16)18(24)21-14-9-17(23)22(11-14)8-7-12-3-5-13(19)6-4-12/h3-6,10,14H,2,7-9,11H2,1H3,(H,21,24)/t14-/m0/s1. The Morgan fingerprint density at radius 2 is 2.16 bits per heavy atom. The summed E-state index contributed by atoms with van der Waals surface area (Å²) >= 11 is 0. The topological polar surface area (TPSA) is 75.4 Å². The molecule has 1 atom stereocenters. The summed E-state index contributed by atoms with van der Waals surface area (Å²) in [5.41, 5.74) is 1.39. The average Bonchev–Trinajstić information content (AvgIpc) is 3.20. The minimum atomic E-state index is -0.274. The van der Waals surface area contributed by atoms with Crippen LogP contribution in [-0.4, -0.2) is 41.0 Å². The summed E-state index contributed by atoms with van der Waals surface area (Å²) in [4.78, 5) is 26.1. The lowest BCUT2D eigenvalue weighted by Crippen LogP contribution is -2.37. The van der Waals surface area contributed by atoms with Crippen LogP contribution in [0.25, 0.3) is 0 Å². The number of aromatic nitrogens is 1. The number of nitrogens with one attached hydrogen (secondary N) is 1. The molecule has 2 heterocycles. The minimum Gasteiger partial charge on any atom is -0.361 e. The van der Waals surface area contributed by atoms with E-state index in [9.17, 15) is 14.0 Å². The summed E-state index contributed by atoms with van der Waals surface area (Å²) in [6.45, 7) is 2.90. The highest BCUT2D eigenvalue weighted by Crippen LogP contribution is 2.15. The predicted molar refractivity (Wildman–Crippen MR) is 88.4 cm³/mol. The van der Waals surface area contributed by atoms with Gasteiger partial charge in [-0.1, -0.05) is 24.2 Å². The zero-order valence-electron chi connectivity index (χ0n) is 14.0. The predicted octanol–water partition coefficient (Wildman–Crippen LogP) is 1.95. The molecular weight excluding hydrogens is 325 g/mol. The van der Waals surface area contributed by atoms with E-state index >= 15 is 0 Å². The molecule has 25 heavy (non-hydrogen) atoms. The Kier molecular flexibility index (Phi) is 5.11. The number of halogens is 1. The van der Waals surface area contributed by atoms with E-state index in [1.54, 1.807) is 17.0 Å². The Hall–Kier alpha value is -2.70. The fourth-order valence-electron chi connectivity index (χ4n) is 2.97. The molecule has 2 amide bonds. The number of carbonyl (C=O) groups is 2. The van der Waals surface area contributed by atoms with Gasteiger partial charge >= 0.3 is 0 Å². The van der Waals surface area contributed by atoms with Crippen LogP contribution in [0.5, 0.6) is 0 Å². The van der Waals surface area contributed by atoms with Gasteiger partial charge in [0, 0.05) is 25.9 Å². The van der Waals surface area contributed by atoms with Crippen molar-refractivity contribution in [2.24, 2.45) is 0 Å². The number of rotatable bonds is 6. The number of aryl methyl sites for hydroxylation is 1. The van der Waals surface area contributed by atoms with E-state index in [0.717, 1.165) is 5.56 Å². The van der Waals surface area contributed by atoms with Crippen molar-refractivity contribution in [3.05, 3.63) is 53.2 Å². The van der Waals surface area contributed by atoms with Gasteiger partial charge in [0.25, 0.3) is 5.91 Å². The molecule has 1 saturated heterocycles. The first-order valence-electron chi connectivity index (χ1n) is 8.33. The van der Waals surface area contributed by atoms with Gasteiger partial charge in [-0.25, -0.2) is 4.39 Å². The van der Waals surface area contributed by atoms with Gasteiger partial charge in [0.15, 0.2) is 0 Å². The third-order valence-electron chi connectivity index (χ3n) is 4.34. The van der Waals surface area contributed by atoms with Gasteiger partial charge in [-0.3, -0.25) is 9.59 Å². The summed E-state index contributed by atoms with van der Waals surface area (Å²) in [5, 5.41) is 6.52. The maximum absolute atomic E-state index is 12.9. The number of likely N-dealkylation sites (tertiary alicyclic amines) is 1. The summed E-state index contributed by atoms with van der Waals surface area (Å²) < 4.78 is 17.9. The van der Waals surface area contributed by atoms with Crippen LogP contribution in [0.2, 0.25) is 0 Å². The lowest BCUT2D eigenvalue weighted by Gasteiger charge is -2.17. The zero-order chi connectivity index (χ0) is 17.8. The lowest BCUT2D eigenvalue weighted by molar-refractivity contribution is -0.127. The monoisotopic (exact) mass is 345 g/mol. The quantitative estimate of drug-likeness (QED) is 0.868. The van der Waals surface area contributed by atoms with Gasteiger partial charge < -0.3 is 14.7 Å². The summed E-state index contributed by atoms with van der Waals surface area (Å²) in [6.07, 6.45) is 2.91. The summed E-state index contributed by atoms with van der Waals surface area (Å²) in [7, 11) is 0. The van der Waals surface area contributed by atoms with Gasteiger partial charge in [-0.05, 0) is 24.1 Å². The van der Waals surface area contributed by atoms with Crippen molar-refractivity contribution < 1.29 is 18.5 Å². The van der Waals surface area contributed by atoms with Crippen molar-refractivity contribution in [1.82, 2.24) is 15.4 Å². The largest absolute Gasteiger partial charge is 0.361 e. The first kappa shape index (κ1) is 17.1. The maximum Gasteiger partial charge on any atom is 0.256 e. The third-order valence-corrected chi connectivity index (χ3v) is 4.34. The van der Waals surface area contributed by atoms with Crippen molar-refractivity contribution in [3.8, 4) is 0 Å². The smallest absolute Gasteiger partial charge is 0.256 e. The molecule has 3 rings (SSSR count). The second-order valence-electron chi connectivity index (χ2n) is 6.11. The van der Waals surface area contributed by atoms with Gasteiger partial charge in [-0.15, -0.1) is 0 Å². The number of nitrogens with zero attached hydrogens (tertiary/aromatic N) is 2. The van der Waals surface area contributed by atoms with E-state index in [4.69, 9.17) is 4.52 Å². The normalized spacial score (nSPS) is 17.1. The zero-order valence-corrected chi connectivity index (χ0v) is 14.0. The number of hydrogen-bond donors (Lipinski definition) is 1. The van der Waals surface area contributed by atoms with Crippen LogP contribution < -0.4 is 5.32 Å². The van der Waals surface area contributed by atoms with Crippen LogP contribution in [0.15, 0.2) is 35.0 Å². The molecule has 6 nitrogen and oxygen atoms in total. The molecule has 7 heteroatoms. The molecule has 1 aromatic carbocycles. The number of amides is 2. The SMILES string of the molecule is CCc1oncc1C(=O)N[C@H]1CC(=O)N(CCc2ccc(F)cc2)C1. The molecule has 0 aliphatic carbocycles. The van der Waals surface area contributed by atoms with E-state index in [1.165, 1.54) is 18.3 Å².